The smallest absolute Gasteiger partial charge is 0.251 e. The van der Waals surface area contributed by atoms with Gasteiger partial charge in [0.15, 0.2) is 11.0 Å². The highest BCUT2D eigenvalue weighted by Gasteiger charge is 2.26. The van der Waals surface area contributed by atoms with E-state index in [1.165, 1.54) is 11.8 Å². The fourth-order valence-electron chi connectivity index (χ4n) is 3.81. The number of aromatic nitrogens is 3. The molecule has 190 valence electrons. The summed E-state index contributed by atoms with van der Waals surface area (Å²) in [6.07, 6.45) is 1.75. The lowest BCUT2D eigenvalue weighted by Crippen LogP contribution is -2.33. The molecule has 0 radical (unpaired) electrons. The summed E-state index contributed by atoms with van der Waals surface area (Å²) in [4.78, 5) is 25.7. The predicted octanol–water partition coefficient (Wildman–Crippen LogP) is 6.01. The molecule has 0 saturated carbocycles. The van der Waals surface area contributed by atoms with Crippen molar-refractivity contribution in [2.24, 2.45) is 5.92 Å². The third-order valence-electron chi connectivity index (χ3n) is 5.70. The number of benzene rings is 2. The number of nitrogens with zero attached hydrogens (tertiary/aromatic N) is 3. The minimum Gasteiger partial charge on any atom is -0.342 e. The Kier molecular flexibility index (Phi) is 9.50. The number of nitrogens with one attached hydrogen (secondary N) is 2. The summed E-state index contributed by atoms with van der Waals surface area (Å²) in [5.41, 5.74) is 4.47. The minimum absolute atomic E-state index is 0.0664. The van der Waals surface area contributed by atoms with E-state index in [1.54, 1.807) is 6.08 Å². The average molecular weight is 571 g/mol. The fraction of sp³-hybridized carbons (Fsp3) is 0.333. The first kappa shape index (κ1) is 27.7. The maximum Gasteiger partial charge on any atom is 0.251 e. The van der Waals surface area contributed by atoms with Crippen LogP contribution in [0.25, 0.3) is 0 Å². The Morgan fingerprint density at radius 2 is 1.75 bits per heavy atom. The first-order valence-electron chi connectivity index (χ1n) is 11.7. The standard InChI is InChI=1S/C27H32BrN5O2S/c1-7-12-33-25(23(16(2)3)30-26(35)20-10-8-17(4)9-11-20)31-32-27(33)36-15-22(34)29-24-18(5)13-21(28)14-19(24)6/h7-11,13-14,16,23H,1,12,15H2,2-6H3,(H,29,34)(H,30,35)/t23-/m0/s1. The number of rotatable bonds is 10. The monoisotopic (exact) mass is 569 g/mol. The molecular weight excluding hydrogens is 538 g/mol. The van der Waals surface area contributed by atoms with Gasteiger partial charge in [0.2, 0.25) is 5.91 Å². The van der Waals surface area contributed by atoms with Crippen molar-refractivity contribution < 1.29 is 9.59 Å². The van der Waals surface area contributed by atoms with Crippen LogP contribution in [0.2, 0.25) is 0 Å². The van der Waals surface area contributed by atoms with Crippen LogP contribution in [0.4, 0.5) is 5.69 Å². The van der Waals surface area contributed by atoms with Crippen LogP contribution in [-0.4, -0.2) is 32.3 Å². The van der Waals surface area contributed by atoms with Crippen molar-refractivity contribution in [3.8, 4) is 0 Å². The Hall–Kier alpha value is -2.91. The second-order valence-electron chi connectivity index (χ2n) is 9.05. The number of anilines is 1. The molecule has 1 heterocycles. The highest BCUT2D eigenvalue weighted by molar-refractivity contribution is 9.10. The second kappa shape index (κ2) is 12.4. The van der Waals surface area contributed by atoms with Crippen molar-refractivity contribution >= 4 is 45.2 Å². The van der Waals surface area contributed by atoms with Crippen molar-refractivity contribution in [3.05, 3.63) is 81.6 Å². The van der Waals surface area contributed by atoms with Gasteiger partial charge in [0, 0.05) is 22.3 Å². The molecule has 2 aromatic carbocycles. The number of carbonyl (C=O) groups is 2. The molecule has 3 aromatic rings. The molecule has 3 rings (SSSR count). The maximum absolute atomic E-state index is 12.9. The number of halogens is 1. The quantitative estimate of drug-likeness (QED) is 0.230. The van der Waals surface area contributed by atoms with Gasteiger partial charge in [-0.1, -0.05) is 65.3 Å². The van der Waals surface area contributed by atoms with E-state index in [-0.39, 0.29) is 29.5 Å². The van der Waals surface area contributed by atoms with E-state index in [0.29, 0.717) is 23.1 Å². The first-order chi connectivity index (χ1) is 17.1. The van der Waals surface area contributed by atoms with E-state index in [4.69, 9.17) is 0 Å². The van der Waals surface area contributed by atoms with E-state index in [9.17, 15) is 9.59 Å². The van der Waals surface area contributed by atoms with Crippen LogP contribution in [0.1, 0.15) is 52.8 Å². The average Bonchev–Trinajstić information content (AvgIpc) is 3.21. The van der Waals surface area contributed by atoms with E-state index in [2.05, 4.69) is 43.3 Å². The summed E-state index contributed by atoms with van der Waals surface area (Å²) in [5, 5.41) is 15.5. The van der Waals surface area contributed by atoms with Crippen molar-refractivity contribution in [1.82, 2.24) is 20.1 Å². The number of hydrogen-bond donors (Lipinski definition) is 2. The highest BCUT2D eigenvalue weighted by atomic mass is 79.9. The Morgan fingerprint density at radius 3 is 2.33 bits per heavy atom. The zero-order chi connectivity index (χ0) is 26.4. The van der Waals surface area contributed by atoms with E-state index < -0.39 is 0 Å². The normalized spacial score (nSPS) is 11.9. The Labute approximate surface area is 225 Å². The lowest BCUT2D eigenvalue weighted by atomic mass is 10.0. The summed E-state index contributed by atoms with van der Waals surface area (Å²) in [7, 11) is 0. The number of thioether (sulfide) groups is 1. The van der Waals surface area contributed by atoms with Crippen LogP contribution in [0.15, 0.2) is 58.7 Å². The molecule has 1 atom stereocenters. The maximum atomic E-state index is 12.9. The van der Waals surface area contributed by atoms with Gasteiger partial charge in [0.05, 0.1) is 11.8 Å². The Bertz CT molecular complexity index is 1230. The van der Waals surface area contributed by atoms with Crippen LogP contribution in [-0.2, 0) is 11.3 Å². The predicted molar refractivity (Wildman–Crippen MR) is 149 cm³/mol. The Morgan fingerprint density at radius 1 is 1.11 bits per heavy atom. The van der Waals surface area contributed by atoms with Crippen LogP contribution in [0, 0.1) is 26.7 Å². The lowest BCUT2D eigenvalue weighted by molar-refractivity contribution is -0.113. The van der Waals surface area contributed by atoms with Gasteiger partial charge in [-0.3, -0.25) is 9.59 Å². The lowest BCUT2D eigenvalue weighted by Gasteiger charge is -2.22. The third kappa shape index (κ3) is 6.85. The summed E-state index contributed by atoms with van der Waals surface area (Å²) < 4.78 is 2.88. The summed E-state index contributed by atoms with van der Waals surface area (Å²) in [6.45, 7) is 14.3. The Balaban J connectivity index is 1.76. The molecule has 7 nitrogen and oxygen atoms in total. The van der Waals surface area contributed by atoms with Crippen molar-refractivity contribution in [1.29, 1.82) is 0 Å². The van der Waals surface area contributed by atoms with Crippen LogP contribution < -0.4 is 10.6 Å². The molecule has 9 heteroatoms. The van der Waals surface area contributed by atoms with E-state index in [1.807, 2.05) is 75.6 Å². The van der Waals surface area contributed by atoms with E-state index >= 15 is 0 Å². The zero-order valence-corrected chi connectivity index (χ0v) is 23.7. The van der Waals surface area contributed by atoms with Gasteiger partial charge < -0.3 is 15.2 Å². The zero-order valence-electron chi connectivity index (χ0n) is 21.3. The van der Waals surface area contributed by atoms with Crippen LogP contribution in [0.5, 0.6) is 0 Å². The third-order valence-corrected chi connectivity index (χ3v) is 7.12. The number of aryl methyl sites for hydroxylation is 3. The van der Waals surface area contributed by atoms with Gasteiger partial charge in [-0.15, -0.1) is 16.8 Å². The molecule has 0 aliphatic rings. The van der Waals surface area contributed by atoms with Gasteiger partial charge in [0.1, 0.15) is 0 Å². The van der Waals surface area contributed by atoms with Gasteiger partial charge in [-0.25, -0.2) is 0 Å². The summed E-state index contributed by atoms with van der Waals surface area (Å²) >= 11 is 4.79. The van der Waals surface area contributed by atoms with Crippen LogP contribution >= 0.6 is 27.7 Å². The molecule has 0 fully saturated rings. The van der Waals surface area contributed by atoms with Gasteiger partial charge in [-0.05, 0) is 62.1 Å². The molecule has 0 aliphatic heterocycles. The molecule has 0 saturated heterocycles. The SMILES string of the molecule is C=CCn1c(SCC(=O)Nc2c(C)cc(Br)cc2C)nnc1[C@@H](NC(=O)c1ccc(C)cc1)C(C)C. The molecule has 1 aromatic heterocycles. The molecule has 0 spiro atoms. The molecule has 0 bridgehead atoms. The minimum atomic E-state index is -0.359. The summed E-state index contributed by atoms with van der Waals surface area (Å²) in [5.74, 6) is 0.572. The topological polar surface area (TPSA) is 88.9 Å². The molecule has 2 amide bonds. The van der Waals surface area contributed by atoms with Crippen LogP contribution in [0.3, 0.4) is 0 Å². The molecule has 2 N–H and O–H groups in total. The molecule has 0 unspecified atom stereocenters. The number of allylic oxidation sites excluding steroid dienone is 1. The number of amides is 2. The molecule has 36 heavy (non-hydrogen) atoms. The van der Waals surface area contributed by atoms with Crippen molar-refractivity contribution in [3.63, 3.8) is 0 Å². The van der Waals surface area contributed by atoms with Gasteiger partial charge >= 0.3 is 0 Å². The number of carbonyl (C=O) groups excluding carboxylic acids is 2. The van der Waals surface area contributed by atoms with Crippen molar-refractivity contribution in [2.75, 3.05) is 11.1 Å². The van der Waals surface area contributed by atoms with Crippen molar-refractivity contribution in [2.45, 2.75) is 52.4 Å². The summed E-state index contributed by atoms with van der Waals surface area (Å²) in [6, 6.07) is 11.0. The molecule has 0 aliphatic carbocycles. The molecular formula is C27H32BrN5O2S. The van der Waals surface area contributed by atoms with Gasteiger partial charge in [0.25, 0.3) is 5.91 Å². The fourth-order valence-corrected chi connectivity index (χ4v) is 5.25. The first-order valence-corrected chi connectivity index (χ1v) is 13.5. The van der Waals surface area contributed by atoms with E-state index in [0.717, 1.165) is 26.9 Å². The largest absolute Gasteiger partial charge is 0.342 e. The number of hydrogen-bond acceptors (Lipinski definition) is 5. The second-order valence-corrected chi connectivity index (χ2v) is 10.9. The van der Waals surface area contributed by atoms with Gasteiger partial charge in [-0.2, -0.15) is 0 Å². The highest BCUT2D eigenvalue weighted by Crippen LogP contribution is 2.28.